The van der Waals surface area contributed by atoms with Crippen molar-refractivity contribution in [1.82, 2.24) is 0 Å². The molecule has 1 atom stereocenters. The van der Waals surface area contributed by atoms with Crippen LogP contribution >= 0.6 is 11.6 Å². The lowest BCUT2D eigenvalue weighted by Crippen LogP contribution is -2.31. The van der Waals surface area contributed by atoms with Gasteiger partial charge < -0.3 is 10.4 Å². The minimum atomic E-state index is -0.945. The summed E-state index contributed by atoms with van der Waals surface area (Å²) in [5.74, 6) is -0.945. The lowest BCUT2D eigenvalue weighted by Gasteiger charge is -2.16. The monoisotopic (exact) mass is 300 g/mol. The largest absolute Gasteiger partial charge is 0.480 e. The van der Waals surface area contributed by atoms with E-state index in [-0.39, 0.29) is 0 Å². The van der Waals surface area contributed by atoms with Gasteiger partial charge in [0.25, 0.3) is 0 Å². The fourth-order valence-corrected chi connectivity index (χ4v) is 2.17. The van der Waals surface area contributed by atoms with Crippen molar-refractivity contribution in [3.63, 3.8) is 0 Å². The molecule has 21 heavy (non-hydrogen) atoms. The molecule has 0 heterocycles. The Hall–Kier alpha value is -2.51. The van der Waals surface area contributed by atoms with Crippen molar-refractivity contribution in [3.05, 3.63) is 64.7 Å². The standard InChI is InChI=1S/C16H13ClN2O2/c17-14-9-13(7-6-12(14)10-18)19-15(16(20)21)8-11-4-2-1-3-5-11/h1-7,9,15,19H,8H2,(H,20,21). The van der Waals surface area contributed by atoms with E-state index in [0.717, 1.165) is 5.56 Å². The molecule has 2 N–H and O–H groups in total. The number of hydrogen-bond acceptors (Lipinski definition) is 3. The number of anilines is 1. The molecule has 0 aliphatic carbocycles. The summed E-state index contributed by atoms with van der Waals surface area (Å²) >= 11 is 5.94. The zero-order chi connectivity index (χ0) is 15.2. The molecule has 0 radical (unpaired) electrons. The molecule has 106 valence electrons. The number of carboxylic acid groups (broad SMARTS) is 1. The number of hydrogen-bond donors (Lipinski definition) is 2. The summed E-state index contributed by atoms with van der Waals surface area (Å²) in [6.45, 7) is 0. The Balaban J connectivity index is 2.15. The van der Waals surface area contributed by atoms with E-state index in [1.165, 1.54) is 0 Å². The summed E-state index contributed by atoms with van der Waals surface area (Å²) in [5.41, 5.74) is 1.86. The first-order chi connectivity index (χ1) is 10.1. The van der Waals surface area contributed by atoms with E-state index in [9.17, 15) is 9.90 Å². The van der Waals surface area contributed by atoms with Gasteiger partial charge in [0.2, 0.25) is 0 Å². The van der Waals surface area contributed by atoms with Crippen LogP contribution < -0.4 is 5.32 Å². The van der Waals surface area contributed by atoms with Crippen LogP contribution in [0.15, 0.2) is 48.5 Å². The van der Waals surface area contributed by atoms with Crippen LogP contribution in [0, 0.1) is 11.3 Å². The van der Waals surface area contributed by atoms with E-state index in [2.05, 4.69) is 5.32 Å². The van der Waals surface area contributed by atoms with E-state index >= 15 is 0 Å². The SMILES string of the molecule is N#Cc1ccc(NC(Cc2ccccc2)C(=O)O)cc1Cl. The second kappa shape index (κ2) is 6.78. The van der Waals surface area contributed by atoms with Gasteiger partial charge in [0, 0.05) is 12.1 Å². The van der Waals surface area contributed by atoms with Gasteiger partial charge in [-0.05, 0) is 23.8 Å². The molecule has 2 aromatic carbocycles. The van der Waals surface area contributed by atoms with Crippen LogP contribution in [-0.2, 0) is 11.2 Å². The number of aliphatic carboxylic acids is 1. The maximum atomic E-state index is 11.4. The molecule has 2 aromatic rings. The average molecular weight is 301 g/mol. The quantitative estimate of drug-likeness (QED) is 0.888. The minimum Gasteiger partial charge on any atom is -0.480 e. The first kappa shape index (κ1) is 14.9. The van der Waals surface area contributed by atoms with Crippen molar-refractivity contribution < 1.29 is 9.90 Å². The van der Waals surface area contributed by atoms with Gasteiger partial charge in [0.15, 0.2) is 0 Å². The molecular formula is C16H13ClN2O2. The second-order valence-corrected chi connectivity index (χ2v) is 4.94. The number of carbonyl (C=O) groups is 1. The lowest BCUT2D eigenvalue weighted by molar-refractivity contribution is -0.137. The fraction of sp³-hybridized carbons (Fsp3) is 0.125. The van der Waals surface area contributed by atoms with Gasteiger partial charge in [0.1, 0.15) is 12.1 Å². The van der Waals surface area contributed by atoms with Crippen LogP contribution in [0.2, 0.25) is 5.02 Å². The molecule has 5 heteroatoms. The fourth-order valence-electron chi connectivity index (χ4n) is 1.95. The smallest absolute Gasteiger partial charge is 0.326 e. The number of nitrogens with zero attached hydrogens (tertiary/aromatic N) is 1. The third-order valence-electron chi connectivity index (χ3n) is 3.01. The molecule has 2 rings (SSSR count). The van der Waals surface area contributed by atoms with Crippen LogP contribution in [0.25, 0.3) is 0 Å². The number of rotatable bonds is 5. The second-order valence-electron chi connectivity index (χ2n) is 4.53. The van der Waals surface area contributed by atoms with E-state index < -0.39 is 12.0 Å². The molecule has 0 aliphatic heterocycles. The van der Waals surface area contributed by atoms with E-state index in [4.69, 9.17) is 16.9 Å². The predicted octanol–water partition coefficient (Wildman–Crippen LogP) is 3.32. The predicted molar refractivity (Wildman–Crippen MR) is 81.4 cm³/mol. The maximum absolute atomic E-state index is 11.4. The lowest BCUT2D eigenvalue weighted by atomic mass is 10.1. The van der Waals surface area contributed by atoms with Crippen molar-refractivity contribution in [1.29, 1.82) is 5.26 Å². The van der Waals surface area contributed by atoms with Gasteiger partial charge in [-0.3, -0.25) is 0 Å². The molecule has 1 unspecified atom stereocenters. The van der Waals surface area contributed by atoms with Crippen LogP contribution in [-0.4, -0.2) is 17.1 Å². The van der Waals surface area contributed by atoms with E-state index in [0.29, 0.717) is 22.7 Å². The Bertz CT molecular complexity index is 680. The summed E-state index contributed by atoms with van der Waals surface area (Å²) in [4.78, 5) is 11.4. The summed E-state index contributed by atoms with van der Waals surface area (Å²) in [7, 11) is 0. The Morgan fingerprint density at radius 2 is 2.00 bits per heavy atom. The molecule has 0 amide bonds. The summed E-state index contributed by atoms with van der Waals surface area (Å²) in [5, 5.41) is 21.4. The van der Waals surface area contributed by atoms with Crippen LogP contribution in [0.5, 0.6) is 0 Å². The molecule has 0 aromatic heterocycles. The summed E-state index contributed by atoms with van der Waals surface area (Å²) < 4.78 is 0. The highest BCUT2D eigenvalue weighted by molar-refractivity contribution is 6.32. The highest BCUT2D eigenvalue weighted by Gasteiger charge is 2.18. The molecule has 0 fully saturated rings. The molecule has 4 nitrogen and oxygen atoms in total. The molecule has 0 bridgehead atoms. The third kappa shape index (κ3) is 3.98. The first-order valence-electron chi connectivity index (χ1n) is 6.33. The summed E-state index contributed by atoms with van der Waals surface area (Å²) in [6.07, 6.45) is 0.355. The Morgan fingerprint density at radius 3 is 2.57 bits per heavy atom. The number of nitriles is 1. The molecule has 0 saturated carbocycles. The Labute approximate surface area is 127 Å². The minimum absolute atomic E-state index is 0.298. The van der Waals surface area contributed by atoms with Gasteiger partial charge in [-0.2, -0.15) is 5.26 Å². The van der Waals surface area contributed by atoms with Gasteiger partial charge in [-0.1, -0.05) is 41.9 Å². The van der Waals surface area contributed by atoms with Gasteiger partial charge in [-0.25, -0.2) is 4.79 Å². The average Bonchev–Trinajstić information content (AvgIpc) is 2.48. The molecule has 0 spiro atoms. The van der Waals surface area contributed by atoms with Gasteiger partial charge >= 0.3 is 5.97 Å². The van der Waals surface area contributed by atoms with Crippen molar-refractivity contribution in [2.24, 2.45) is 0 Å². The molecule has 0 aliphatic rings. The van der Waals surface area contributed by atoms with Gasteiger partial charge in [-0.15, -0.1) is 0 Å². The molecule has 0 saturated heterocycles. The number of benzene rings is 2. The van der Waals surface area contributed by atoms with Crippen molar-refractivity contribution >= 4 is 23.3 Å². The van der Waals surface area contributed by atoms with Crippen molar-refractivity contribution in [3.8, 4) is 6.07 Å². The van der Waals surface area contributed by atoms with Crippen molar-refractivity contribution in [2.45, 2.75) is 12.5 Å². The van der Waals surface area contributed by atoms with E-state index in [1.54, 1.807) is 18.2 Å². The molecular weight excluding hydrogens is 288 g/mol. The maximum Gasteiger partial charge on any atom is 0.326 e. The van der Waals surface area contributed by atoms with Crippen LogP contribution in [0.3, 0.4) is 0 Å². The third-order valence-corrected chi connectivity index (χ3v) is 3.32. The van der Waals surface area contributed by atoms with Crippen LogP contribution in [0.4, 0.5) is 5.69 Å². The highest BCUT2D eigenvalue weighted by Crippen LogP contribution is 2.21. The van der Waals surface area contributed by atoms with Gasteiger partial charge in [0.05, 0.1) is 10.6 Å². The Kier molecular flexibility index (Phi) is 4.81. The number of carboxylic acids is 1. The number of halogens is 1. The normalized spacial score (nSPS) is 11.4. The highest BCUT2D eigenvalue weighted by atomic mass is 35.5. The van der Waals surface area contributed by atoms with Crippen LogP contribution in [0.1, 0.15) is 11.1 Å². The number of nitrogens with one attached hydrogen (secondary N) is 1. The van der Waals surface area contributed by atoms with E-state index in [1.807, 2.05) is 36.4 Å². The zero-order valence-electron chi connectivity index (χ0n) is 11.1. The Morgan fingerprint density at radius 1 is 1.29 bits per heavy atom. The first-order valence-corrected chi connectivity index (χ1v) is 6.71. The van der Waals surface area contributed by atoms with Crippen molar-refractivity contribution in [2.75, 3.05) is 5.32 Å². The topological polar surface area (TPSA) is 73.1 Å². The summed E-state index contributed by atoms with van der Waals surface area (Å²) in [6, 6.07) is 15.3. The zero-order valence-corrected chi connectivity index (χ0v) is 11.8.